The van der Waals surface area contributed by atoms with Crippen LogP contribution in [0.25, 0.3) is 0 Å². The Bertz CT molecular complexity index is 761. The summed E-state index contributed by atoms with van der Waals surface area (Å²) in [7, 11) is 0. The fraction of sp³-hybridized carbons (Fsp3) is 0.545. The first-order chi connectivity index (χ1) is 13.8. The summed E-state index contributed by atoms with van der Waals surface area (Å²) in [4.78, 5) is 14.1. The number of aromatic nitrogens is 2. The van der Waals surface area contributed by atoms with Crippen molar-refractivity contribution < 1.29 is 0 Å². The first-order valence-electron chi connectivity index (χ1n) is 10.6. The van der Waals surface area contributed by atoms with Crippen LogP contribution in [0.4, 0.5) is 5.82 Å². The van der Waals surface area contributed by atoms with Crippen LogP contribution in [0.3, 0.4) is 0 Å². The molecular formula is C22H30ClN5. The summed E-state index contributed by atoms with van der Waals surface area (Å²) >= 11 is 6.20. The van der Waals surface area contributed by atoms with E-state index >= 15 is 0 Å². The third-order valence-electron chi connectivity index (χ3n) is 5.75. The van der Waals surface area contributed by atoms with Crippen LogP contribution in [0.1, 0.15) is 42.5 Å². The SMILES string of the molecule is Clc1nc2c(c(NCCCN3CCCCC3)n1)CN(Cc1ccccc1)CC2. The first-order valence-corrected chi connectivity index (χ1v) is 10.9. The lowest BCUT2D eigenvalue weighted by Crippen LogP contribution is -2.32. The van der Waals surface area contributed by atoms with Crippen molar-refractivity contribution in [1.82, 2.24) is 19.8 Å². The predicted octanol–water partition coefficient (Wildman–Crippen LogP) is 3.98. The number of halogens is 1. The van der Waals surface area contributed by atoms with E-state index < -0.39 is 0 Å². The molecule has 2 aliphatic heterocycles. The molecule has 1 aromatic heterocycles. The number of anilines is 1. The highest BCUT2D eigenvalue weighted by Gasteiger charge is 2.22. The lowest BCUT2D eigenvalue weighted by molar-refractivity contribution is 0.228. The van der Waals surface area contributed by atoms with E-state index in [2.05, 4.69) is 55.4 Å². The van der Waals surface area contributed by atoms with Gasteiger partial charge in [0.05, 0.1) is 5.69 Å². The van der Waals surface area contributed by atoms with Crippen LogP contribution in [-0.2, 0) is 19.5 Å². The summed E-state index contributed by atoms with van der Waals surface area (Å²) in [6.07, 6.45) is 6.14. The van der Waals surface area contributed by atoms with E-state index in [0.29, 0.717) is 5.28 Å². The summed E-state index contributed by atoms with van der Waals surface area (Å²) in [6.45, 7) is 7.42. The minimum Gasteiger partial charge on any atom is -0.370 e. The molecule has 0 aliphatic carbocycles. The molecule has 0 amide bonds. The second-order valence-corrected chi connectivity index (χ2v) is 8.23. The molecule has 3 heterocycles. The molecule has 2 aliphatic rings. The summed E-state index contributed by atoms with van der Waals surface area (Å²) < 4.78 is 0. The molecule has 6 heteroatoms. The van der Waals surface area contributed by atoms with Gasteiger partial charge in [-0.2, -0.15) is 0 Å². The van der Waals surface area contributed by atoms with Crippen molar-refractivity contribution in [2.24, 2.45) is 0 Å². The van der Waals surface area contributed by atoms with Crippen molar-refractivity contribution in [2.75, 3.05) is 38.0 Å². The van der Waals surface area contributed by atoms with Gasteiger partial charge in [0.2, 0.25) is 5.28 Å². The number of nitrogens with zero attached hydrogens (tertiary/aromatic N) is 4. The minimum atomic E-state index is 0.355. The highest BCUT2D eigenvalue weighted by molar-refractivity contribution is 6.28. The standard InChI is InChI=1S/C22H30ClN5/c23-22-25-20-10-15-28(16-18-8-3-1-4-9-18)17-19(20)21(26-22)24-11-7-14-27-12-5-2-6-13-27/h1,3-4,8-9H,2,5-7,10-17H2,(H,24,25,26). The largest absolute Gasteiger partial charge is 0.370 e. The Kier molecular flexibility index (Phi) is 6.78. The van der Waals surface area contributed by atoms with Gasteiger partial charge in [-0.15, -0.1) is 0 Å². The van der Waals surface area contributed by atoms with Crippen LogP contribution >= 0.6 is 11.6 Å². The van der Waals surface area contributed by atoms with Gasteiger partial charge >= 0.3 is 0 Å². The molecule has 5 nitrogen and oxygen atoms in total. The summed E-state index contributed by atoms with van der Waals surface area (Å²) in [5.74, 6) is 0.923. The number of piperidine rings is 1. The third kappa shape index (κ3) is 5.22. The van der Waals surface area contributed by atoms with Crippen LogP contribution in [-0.4, -0.2) is 52.5 Å². The maximum absolute atomic E-state index is 6.20. The van der Waals surface area contributed by atoms with E-state index in [1.54, 1.807) is 0 Å². The smallest absolute Gasteiger partial charge is 0.224 e. The van der Waals surface area contributed by atoms with Gasteiger partial charge in [-0.3, -0.25) is 4.90 Å². The maximum atomic E-state index is 6.20. The lowest BCUT2D eigenvalue weighted by atomic mass is 10.0. The second-order valence-electron chi connectivity index (χ2n) is 7.90. The van der Waals surface area contributed by atoms with Crippen molar-refractivity contribution in [3.05, 3.63) is 52.4 Å². The summed E-state index contributed by atoms with van der Waals surface area (Å²) in [5.41, 5.74) is 3.66. The van der Waals surface area contributed by atoms with Crippen LogP contribution < -0.4 is 5.32 Å². The van der Waals surface area contributed by atoms with E-state index in [-0.39, 0.29) is 0 Å². The Hall–Kier alpha value is -1.69. The maximum Gasteiger partial charge on any atom is 0.224 e. The highest BCUT2D eigenvalue weighted by Crippen LogP contribution is 2.26. The van der Waals surface area contributed by atoms with E-state index in [0.717, 1.165) is 57.1 Å². The number of hydrogen-bond acceptors (Lipinski definition) is 5. The monoisotopic (exact) mass is 399 g/mol. The zero-order valence-electron chi connectivity index (χ0n) is 16.5. The summed E-state index contributed by atoms with van der Waals surface area (Å²) in [5, 5.41) is 3.90. The molecule has 4 rings (SSSR count). The Morgan fingerprint density at radius 2 is 1.79 bits per heavy atom. The van der Waals surface area contributed by atoms with Gasteiger partial charge in [-0.25, -0.2) is 9.97 Å². The van der Waals surface area contributed by atoms with Gasteiger partial charge in [-0.05, 0) is 56.1 Å². The molecule has 0 bridgehead atoms. The molecule has 1 aromatic carbocycles. The van der Waals surface area contributed by atoms with Crippen LogP contribution in [0.5, 0.6) is 0 Å². The van der Waals surface area contributed by atoms with E-state index in [4.69, 9.17) is 11.6 Å². The third-order valence-corrected chi connectivity index (χ3v) is 5.92. The number of benzene rings is 1. The van der Waals surface area contributed by atoms with Crippen molar-refractivity contribution in [3.63, 3.8) is 0 Å². The zero-order chi connectivity index (χ0) is 19.2. The molecule has 2 aromatic rings. The normalized spacial score (nSPS) is 18.0. The molecule has 0 spiro atoms. The van der Waals surface area contributed by atoms with E-state index in [9.17, 15) is 0 Å². The van der Waals surface area contributed by atoms with Crippen LogP contribution in [0.2, 0.25) is 5.28 Å². The number of rotatable bonds is 7. The van der Waals surface area contributed by atoms with E-state index in [1.807, 2.05) is 0 Å². The Labute approximate surface area is 173 Å². The molecule has 1 fully saturated rings. The minimum absolute atomic E-state index is 0.355. The molecule has 1 saturated heterocycles. The fourth-order valence-electron chi connectivity index (χ4n) is 4.26. The molecule has 150 valence electrons. The lowest BCUT2D eigenvalue weighted by Gasteiger charge is -2.29. The van der Waals surface area contributed by atoms with Crippen molar-refractivity contribution in [3.8, 4) is 0 Å². The average molecular weight is 400 g/mol. The topological polar surface area (TPSA) is 44.3 Å². The molecule has 0 radical (unpaired) electrons. The number of nitrogens with one attached hydrogen (secondary N) is 1. The Morgan fingerprint density at radius 3 is 2.61 bits per heavy atom. The zero-order valence-corrected chi connectivity index (χ0v) is 17.3. The Morgan fingerprint density at radius 1 is 0.964 bits per heavy atom. The fourth-order valence-corrected chi connectivity index (χ4v) is 4.44. The van der Waals surface area contributed by atoms with Crippen LogP contribution in [0.15, 0.2) is 30.3 Å². The van der Waals surface area contributed by atoms with Gasteiger partial charge in [-0.1, -0.05) is 36.8 Å². The Balaban J connectivity index is 1.36. The average Bonchev–Trinajstić information content (AvgIpc) is 2.73. The highest BCUT2D eigenvalue weighted by atomic mass is 35.5. The van der Waals surface area contributed by atoms with Crippen molar-refractivity contribution in [1.29, 1.82) is 0 Å². The van der Waals surface area contributed by atoms with Gasteiger partial charge in [0.15, 0.2) is 0 Å². The summed E-state index contributed by atoms with van der Waals surface area (Å²) in [6, 6.07) is 10.6. The van der Waals surface area contributed by atoms with Gasteiger partial charge < -0.3 is 10.2 Å². The van der Waals surface area contributed by atoms with Crippen LogP contribution in [0, 0.1) is 0 Å². The number of hydrogen-bond donors (Lipinski definition) is 1. The predicted molar refractivity (Wildman–Crippen MR) is 115 cm³/mol. The molecule has 0 unspecified atom stereocenters. The first kappa shape index (κ1) is 19.6. The van der Waals surface area contributed by atoms with Gasteiger partial charge in [0.25, 0.3) is 0 Å². The molecule has 28 heavy (non-hydrogen) atoms. The van der Waals surface area contributed by atoms with Gasteiger partial charge in [0, 0.05) is 38.2 Å². The number of fused-ring (bicyclic) bond motifs is 1. The molecular weight excluding hydrogens is 370 g/mol. The van der Waals surface area contributed by atoms with Crippen molar-refractivity contribution in [2.45, 2.75) is 45.2 Å². The molecule has 1 N–H and O–H groups in total. The quantitative estimate of drug-likeness (QED) is 0.563. The number of likely N-dealkylation sites (tertiary alicyclic amines) is 1. The van der Waals surface area contributed by atoms with Gasteiger partial charge in [0.1, 0.15) is 5.82 Å². The molecule has 0 atom stereocenters. The van der Waals surface area contributed by atoms with Crippen molar-refractivity contribution >= 4 is 17.4 Å². The second kappa shape index (κ2) is 9.68. The van der Waals surface area contributed by atoms with E-state index in [1.165, 1.54) is 43.5 Å². The molecule has 0 saturated carbocycles.